The molecule has 0 fully saturated rings. The van der Waals surface area contributed by atoms with Gasteiger partial charge in [-0.15, -0.1) is 12.4 Å². The van der Waals surface area contributed by atoms with Crippen LogP contribution in [0.25, 0.3) is 0 Å². The number of Topliss-reactive ketones (excluding diaryl/α,β-unsaturated/α-hetero) is 1. The molecule has 0 aliphatic carbocycles. The molecule has 148 valence electrons. The fourth-order valence-electron chi connectivity index (χ4n) is 2.21. The lowest BCUT2D eigenvalue weighted by Gasteiger charge is -2.12. The van der Waals surface area contributed by atoms with Gasteiger partial charge in [-0.05, 0) is 38.4 Å². The molecule has 0 saturated carbocycles. The summed E-state index contributed by atoms with van der Waals surface area (Å²) in [5.41, 5.74) is 4.86. The van der Waals surface area contributed by atoms with E-state index < -0.39 is 23.5 Å². The molecular weight excluding hydrogens is 384 g/mol. The maximum absolute atomic E-state index is 12.4. The van der Waals surface area contributed by atoms with Crippen molar-refractivity contribution in [3.63, 3.8) is 0 Å². The third-order valence-electron chi connectivity index (χ3n) is 3.44. The first-order valence-corrected chi connectivity index (χ1v) is 8.12. The molecule has 2 aromatic carbocycles. The van der Waals surface area contributed by atoms with Gasteiger partial charge in [0.15, 0.2) is 0 Å². The normalized spacial score (nSPS) is 9.82. The highest BCUT2D eigenvalue weighted by Gasteiger charge is 2.21. The van der Waals surface area contributed by atoms with E-state index in [0.717, 1.165) is 0 Å². The minimum absolute atomic E-state index is 0. The van der Waals surface area contributed by atoms with E-state index in [4.69, 9.17) is 0 Å². The number of hydrogen-bond acceptors (Lipinski definition) is 5. The van der Waals surface area contributed by atoms with Crippen LogP contribution in [0.2, 0.25) is 0 Å². The van der Waals surface area contributed by atoms with Crippen LogP contribution in [0.1, 0.15) is 20.7 Å². The lowest BCUT2D eigenvalue weighted by Crippen LogP contribution is -2.47. The lowest BCUT2D eigenvalue weighted by molar-refractivity contribution is -0.127. The van der Waals surface area contributed by atoms with Gasteiger partial charge in [-0.25, -0.2) is 0 Å². The largest absolute Gasteiger partial charge is 0.321 e. The zero-order chi connectivity index (χ0) is 19.8. The van der Waals surface area contributed by atoms with Gasteiger partial charge in [0, 0.05) is 5.56 Å². The fraction of sp³-hybridized carbons (Fsp3) is 0.158. The molecule has 0 aliphatic heterocycles. The van der Waals surface area contributed by atoms with Gasteiger partial charge in [0.1, 0.15) is 0 Å². The van der Waals surface area contributed by atoms with Crippen molar-refractivity contribution in [1.29, 1.82) is 0 Å². The van der Waals surface area contributed by atoms with Crippen LogP contribution in [-0.4, -0.2) is 49.0 Å². The van der Waals surface area contributed by atoms with Gasteiger partial charge in [0.05, 0.1) is 17.8 Å². The van der Waals surface area contributed by atoms with E-state index in [1.54, 1.807) is 61.5 Å². The van der Waals surface area contributed by atoms with Crippen molar-refractivity contribution in [1.82, 2.24) is 15.8 Å². The zero-order valence-corrected chi connectivity index (χ0v) is 16.2. The number of halogens is 1. The summed E-state index contributed by atoms with van der Waals surface area (Å²) >= 11 is 0. The zero-order valence-electron chi connectivity index (χ0n) is 15.4. The highest BCUT2D eigenvalue weighted by Crippen LogP contribution is 2.17. The topological polar surface area (TPSA) is 108 Å². The smallest absolute Gasteiger partial charge is 0.310 e. The molecule has 2 aromatic rings. The van der Waals surface area contributed by atoms with Crippen molar-refractivity contribution in [3.05, 3.63) is 65.7 Å². The summed E-state index contributed by atoms with van der Waals surface area (Å²) in [6.07, 6.45) is 0. The lowest BCUT2D eigenvalue weighted by atomic mass is 10.1. The van der Waals surface area contributed by atoms with Crippen molar-refractivity contribution in [3.8, 4) is 0 Å². The summed E-state index contributed by atoms with van der Waals surface area (Å²) in [6.45, 7) is 0.0538. The molecule has 0 unspecified atom stereocenters. The number of hydrogen-bond donors (Lipinski definition) is 3. The van der Waals surface area contributed by atoms with Crippen LogP contribution < -0.4 is 16.2 Å². The number of nitrogens with zero attached hydrogens (tertiary/aromatic N) is 1. The molecule has 0 spiro atoms. The Morgan fingerprint density at radius 1 is 0.857 bits per heavy atom. The van der Waals surface area contributed by atoms with Crippen LogP contribution in [-0.2, 0) is 9.59 Å². The van der Waals surface area contributed by atoms with E-state index in [2.05, 4.69) is 16.2 Å². The molecular formula is C19H21ClN4O4. The highest BCUT2D eigenvalue weighted by atomic mass is 35.5. The van der Waals surface area contributed by atoms with Crippen molar-refractivity contribution >= 4 is 41.6 Å². The Morgan fingerprint density at radius 3 is 2.11 bits per heavy atom. The Kier molecular flexibility index (Phi) is 8.80. The second-order valence-electron chi connectivity index (χ2n) is 5.93. The number of hydrazine groups is 1. The average Bonchev–Trinajstić information content (AvgIpc) is 2.66. The number of likely N-dealkylation sites (N-methyl/N-ethyl adjacent to an activating group) is 1. The third kappa shape index (κ3) is 6.49. The molecule has 2 rings (SSSR count). The minimum atomic E-state index is -1.01. The molecule has 3 amide bonds. The van der Waals surface area contributed by atoms with Crippen molar-refractivity contribution < 1.29 is 19.2 Å². The number of benzene rings is 2. The van der Waals surface area contributed by atoms with E-state index in [0.29, 0.717) is 5.56 Å². The summed E-state index contributed by atoms with van der Waals surface area (Å²) in [5, 5.41) is 2.62. The maximum atomic E-state index is 12.4. The molecule has 0 saturated heterocycles. The SMILES string of the molecule is CN(C)CC(=O)NNC(=O)C(=O)c1ccccc1NC(=O)c1ccccc1.Cl. The highest BCUT2D eigenvalue weighted by molar-refractivity contribution is 6.44. The number of para-hydroxylation sites is 1. The summed E-state index contributed by atoms with van der Waals surface area (Å²) in [6, 6.07) is 14.6. The third-order valence-corrected chi connectivity index (χ3v) is 3.44. The number of ketones is 1. The molecule has 9 heteroatoms. The number of amides is 3. The van der Waals surface area contributed by atoms with Crippen LogP contribution in [0.4, 0.5) is 5.69 Å². The van der Waals surface area contributed by atoms with Crippen LogP contribution in [0.3, 0.4) is 0 Å². The Bertz CT molecular complexity index is 856. The Labute approximate surface area is 168 Å². The number of carbonyl (C=O) groups is 4. The summed E-state index contributed by atoms with van der Waals surface area (Å²) in [4.78, 5) is 49.9. The molecule has 8 nitrogen and oxygen atoms in total. The molecule has 0 bridgehead atoms. The molecule has 0 radical (unpaired) electrons. The monoisotopic (exact) mass is 404 g/mol. The van der Waals surface area contributed by atoms with Gasteiger partial charge in [0.25, 0.3) is 17.6 Å². The van der Waals surface area contributed by atoms with Crippen LogP contribution >= 0.6 is 12.4 Å². The first-order chi connectivity index (χ1) is 12.9. The standard InChI is InChI=1S/C19H20N4O4.ClH/c1-23(2)12-16(24)21-22-19(27)17(25)14-10-6-7-11-15(14)20-18(26)13-8-4-3-5-9-13;/h3-11H,12H2,1-2H3,(H,20,26)(H,21,24)(H,22,27);1H. The van der Waals surface area contributed by atoms with Gasteiger partial charge < -0.3 is 10.2 Å². The van der Waals surface area contributed by atoms with E-state index in [1.807, 2.05) is 0 Å². The number of carbonyl (C=O) groups excluding carboxylic acids is 4. The predicted molar refractivity (Wildman–Crippen MR) is 107 cm³/mol. The molecule has 28 heavy (non-hydrogen) atoms. The van der Waals surface area contributed by atoms with Crippen molar-refractivity contribution in [2.45, 2.75) is 0 Å². The predicted octanol–water partition coefficient (Wildman–Crippen LogP) is 1.25. The van der Waals surface area contributed by atoms with E-state index >= 15 is 0 Å². The maximum Gasteiger partial charge on any atom is 0.310 e. The second kappa shape index (κ2) is 10.8. The van der Waals surface area contributed by atoms with E-state index in [-0.39, 0.29) is 30.2 Å². The Balaban J connectivity index is 0.00000392. The molecule has 0 heterocycles. The molecule has 0 aromatic heterocycles. The van der Waals surface area contributed by atoms with Crippen molar-refractivity contribution in [2.75, 3.05) is 26.0 Å². The summed E-state index contributed by atoms with van der Waals surface area (Å²) in [5.74, 6) is -2.77. The first-order valence-electron chi connectivity index (χ1n) is 8.12. The van der Waals surface area contributed by atoms with Gasteiger partial charge in [0.2, 0.25) is 0 Å². The van der Waals surface area contributed by atoms with Crippen LogP contribution in [0.15, 0.2) is 54.6 Å². The molecule has 0 atom stereocenters. The van der Waals surface area contributed by atoms with Crippen LogP contribution in [0.5, 0.6) is 0 Å². The number of rotatable bonds is 6. The second-order valence-corrected chi connectivity index (χ2v) is 5.93. The van der Waals surface area contributed by atoms with Crippen molar-refractivity contribution in [2.24, 2.45) is 0 Å². The fourth-order valence-corrected chi connectivity index (χ4v) is 2.21. The van der Waals surface area contributed by atoms with Gasteiger partial charge in [-0.3, -0.25) is 30.0 Å². The van der Waals surface area contributed by atoms with Crippen LogP contribution in [0, 0.1) is 0 Å². The number of nitrogens with one attached hydrogen (secondary N) is 3. The average molecular weight is 405 g/mol. The molecule has 0 aliphatic rings. The van der Waals surface area contributed by atoms with Gasteiger partial charge in [-0.1, -0.05) is 30.3 Å². The van der Waals surface area contributed by atoms with E-state index in [9.17, 15) is 19.2 Å². The summed E-state index contributed by atoms with van der Waals surface area (Å²) in [7, 11) is 3.39. The number of anilines is 1. The minimum Gasteiger partial charge on any atom is -0.321 e. The first kappa shape index (κ1) is 22.8. The summed E-state index contributed by atoms with van der Waals surface area (Å²) < 4.78 is 0. The Hall–Kier alpha value is -3.23. The van der Waals surface area contributed by atoms with Gasteiger partial charge in [-0.2, -0.15) is 0 Å². The molecule has 3 N–H and O–H groups in total. The Morgan fingerprint density at radius 2 is 1.46 bits per heavy atom. The van der Waals surface area contributed by atoms with E-state index in [1.165, 1.54) is 12.1 Å². The van der Waals surface area contributed by atoms with Gasteiger partial charge >= 0.3 is 5.91 Å². The quantitative estimate of drug-likeness (QED) is 0.381.